The fraction of sp³-hybridized carbons (Fsp3) is 0.433. The maximum atomic E-state index is 12.5. The van der Waals surface area contributed by atoms with E-state index >= 15 is 0 Å². The lowest BCUT2D eigenvalue weighted by Crippen LogP contribution is -2.31. The minimum absolute atomic E-state index is 0.00810. The molecule has 5 N–H and O–H groups in total. The summed E-state index contributed by atoms with van der Waals surface area (Å²) in [6.45, 7) is -0.338. The summed E-state index contributed by atoms with van der Waals surface area (Å²) in [6, 6.07) is 12.4. The maximum Gasteiger partial charge on any atom is 0.472 e. The summed E-state index contributed by atoms with van der Waals surface area (Å²) in [7, 11) is -2.94. The van der Waals surface area contributed by atoms with Crippen molar-refractivity contribution in [3.8, 4) is 5.75 Å². The summed E-state index contributed by atoms with van der Waals surface area (Å²) in [4.78, 5) is 40.3. The lowest BCUT2D eigenvalue weighted by molar-refractivity contribution is -0.0471. The first kappa shape index (κ1) is 34.0. The number of methoxy groups -OCH3 is 1. The first-order valence-corrected chi connectivity index (χ1v) is 16.6. The Morgan fingerprint density at radius 3 is 2.74 bits per heavy atom. The van der Waals surface area contributed by atoms with Crippen LogP contribution in [0.25, 0.3) is 21.8 Å². The third-order valence-corrected chi connectivity index (χ3v) is 8.97. The van der Waals surface area contributed by atoms with Crippen LogP contribution in [0.3, 0.4) is 0 Å². The smallest absolute Gasteiger partial charge is 0.472 e. The number of H-pyrrole nitrogens is 1. The summed E-state index contributed by atoms with van der Waals surface area (Å²) in [5.74, 6) is 0.295. The molecule has 0 amide bonds. The Balaban J connectivity index is 1.09. The Labute approximate surface area is 268 Å². The zero-order valence-corrected chi connectivity index (χ0v) is 26.7. The highest BCUT2D eigenvalue weighted by molar-refractivity contribution is 7.47. The van der Waals surface area contributed by atoms with E-state index in [4.69, 9.17) is 35.1 Å². The molecule has 0 saturated carbocycles. The number of anilines is 1. The van der Waals surface area contributed by atoms with E-state index in [1.807, 2.05) is 36.4 Å². The molecule has 248 valence electrons. The number of aliphatic hydroxyl groups excluding tert-OH is 2. The maximum absolute atomic E-state index is 12.5. The zero-order chi connectivity index (χ0) is 32.8. The van der Waals surface area contributed by atoms with Gasteiger partial charge in [0.2, 0.25) is 0 Å². The van der Waals surface area contributed by atoms with Crippen molar-refractivity contribution in [3.05, 3.63) is 74.5 Å². The highest BCUT2D eigenvalue weighted by Gasteiger charge is 2.37. The van der Waals surface area contributed by atoms with Crippen LogP contribution in [0.2, 0.25) is 5.02 Å². The number of ether oxygens (including phenoxy) is 2. The second-order valence-electron chi connectivity index (χ2n) is 11.0. The number of unbranched alkanes of at least 4 members (excludes halogenated alkanes) is 1. The predicted molar refractivity (Wildman–Crippen MR) is 171 cm³/mol. The van der Waals surface area contributed by atoms with Gasteiger partial charge in [0.15, 0.2) is 0 Å². The monoisotopic (exact) mass is 678 g/mol. The second-order valence-corrected chi connectivity index (χ2v) is 12.9. The largest absolute Gasteiger partial charge is 0.497 e. The number of halogens is 1. The summed E-state index contributed by atoms with van der Waals surface area (Å²) >= 11 is 6.21. The van der Waals surface area contributed by atoms with Gasteiger partial charge < -0.3 is 29.9 Å². The van der Waals surface area contributed by atoms with Gasteiger partial charge in [-0.25, -0.2) is 14.3 Å². The lowest BCUT2D eigenvalue weighted by atomic mass is 10.0. The van der Waals surface area contributed by atoms with Crippen LogP contribution in [0.5, 0.6) is 5.75 Å². The molecule has 0 bridgehead atoms. The molecule has 4 aromatic rings. The fourth-order valence-corrected chi connectivity index (χ4v) is 6.28. The van der Waals surface area contributed by atoms with Crippen LogP contribution in [0.15, 0.2) is 58.3 Å². The fourth-order valence-electron chi connectivity index (χ4n) is 5.31. The van der Waals surface area contributed by atoms with E-state index in [1.54, 1.807) is 7.11 Å². The number of hydrogen-bond acceptors (Lipinski definition) is 11. The van der Waals surface area contributed by atoms with Crippen molar-refractivity contribution in [2.75, 3.05) is 38.8 Å². The molecule has 0 aliphatic carbocycles. The number of rotatable bonds is 15. The van der Waals surface area contributed by atoms with Crippen LogP contribution in [-0.2, 0) is 18.3 Å². The lowest BCUT2D eigenvalue weighted by Gasteiger charge is -2.20. The Bertz CT molecular complexity index is 1840. The van der Waals surface area contributed by atoms with Gasteiger partial charge in [-0.3, -0.25) is 23.4 Å². The summed E-state index contributed by atoms with van der Waals surface area (Å²) in [5.41, 5.74) is 1.18. The van der Waals surface area contributed by atoms with E-state index in [1.165, 1.54) is 6.20 Å². The molecule has 14 nitrogen and oxygen atoms in total. The minimum Gasteiger partial charge on any atom is -0.497 e. The Morgan fingerprint density at radius 2 is 1.98 bits per heavy atom. The number of aromatic nitrogens is 3. The number of benzene rings is 2. The molecule has 2 unspecified atom stereocenters. The normalized spacial score (nSPS) is 20.2. The molecule has 16 heteroatoms. The Hall–Kier alpha value is -3.33. The van der Waals surface area contributed by atoms with Crippen molar-refractivity contribution in [2.24, 2.45) is 5.92 Å². The Kier molecular flexibility index (Phi) is 11.1. The number of hydrogen-bond donors (Lipinski definition) is 5. The first-order valence-electron chi connectivity index (χ1n) is 14.8. The molecule has 1 aliphatic rings. The molecule has 3 heterocycles. The van der Waals surface area contributed by atoms with Crippen LogP contribution in [0.1, 0.15) is 31.9 Å². The molecule has 5 atom stereocenters. The van der Waals surface area contributed by atoms with Crippen LogP contribution in [0, 0.1) is 5.92 Å². The molecule has 1 aliphatic heterocycles. The van der Waals surface area contributed by atoms with Gasteiger partial charge in [0.05, 0.1) is 43.1 Å². The molecule has 1 fully saturated rings. The molecule has 2 aromatic heterocycles. The summed E-state index contributed by atoms with van der Waals surface area (Å²) in [6.07, 6.45) is 0.215. The number of phosphoric acid groups is 1. The highest BCUT2D eigenvalue weighted by atomic mass is 35.5. The average molecular weight is 679 g/mol. The summed E-state index contributed by atoms with van der Waals surface area (Å²) in [5, 5.41) is 26.1. The van der Waals surface area contributed by atoms with Gasteiger partial charge >= 0.3 is 13.5 Å². The first-order chi connectivity index (χ1) is 22.1. The van der Waals surface area contributed by atoms with Gasteiger partial charge in [0, 0.05) is 53.5 Å². The number of nitrogens with zero attached hydrogens (tertiary/aromatic N) is 2. The molecule has 0 spiro atoms. The van der Waals surface area contributed by atoms with Gasteiger partial charge in [0.25, 0.3) is 5.56 Å². The standard InChI is InChI=1S/C30H36ClN4O10P/c1-42-20-6-8-23-22(13-20)29(21-7-5-19(31)12-24(21)33-23)32-10-3-2-4-18(15-36)16-43-46(40,41)44-17-26-25(37)14-28(45-26)35-11-9-27(38)34-30(35)39/h5-9,11-13,18,25-26,28,36-37H,2-4,10,14-17H2,1H3,(H,32,33)(H,40,41)(H,34,38,39)/t18?,25-,26+,28+/m0/s1. The van der Waals surface area contributed by atoms with Crippen molar-refractivity contribution in [2.45, 2.75) is 44.1 Å². The quantitative estimate of drug-likeness (QED) is 0.0698. The van der Waals surface area contributed by atoms with E-state index in [0.717, 1.165) is 44.5 Å². The number of pyridine rings is 1. The van der Waals surface area contributed by atoms with Crippen LogP contribution >= 0.6 is 19.4 Å². The van der Waals surface area contributed by atoms with E-state index < -0.39 is 50.0 Å². The van der Waals surface area contributed by atoms with E-state index in [2.05, 4.69) is 10.3 Å². The molecule has 1 saturated heterocycles. The number of phosphoric ester groups is 1. The zero-order valence-electron chi connectivity index (χ0n) is 25.0. The highest BCUT2D eigenvalue weighted by Crippen LogP contribution is 2.45. The number of fused-ring (bicyclic) bond motifs is 2. The number of aliphatic hydroxyl groups is 2. The molecular formula is C30H36ClN4O10P. The van der Waals surface area contributed by atoms with E-state index in [9.17, 15) is 29.3 Å². The van der Waals surface area contributed by atoms with Gasteiger partial charge in [-0.1, -0.05) is 18.0 Å². The van der Waals surface area contributed by atoms with Gasteiger partial charge in [-0.05, 0) is 49.2 Å². The Morgan fingerprint density at radius 1 is 1.15 bits per heavy atom. The number of nitrogens with one attached hydrogen (secondary N) is 2. The third kappa shape index (κ3) is 8.33. The van der Waals surface area contributed by atoms with Crippen LogP contribution in [0.4, 0.5) is 5.69 Å². The van der Waals surface area contributed by atoms with Crippen LogP contribution in [-0.4, -0.2) is 75.3 Å². The van der Waals surface area contributed by atoms with Gasteiger partial charge in [-0.2, -0.15) is 0 Å². The third-order valence-electron chi connectivity index (χ3n) is 7.78. The summed E-state index contributed by atoms with van der Waals surface area (Å²) < 4.78 is 34.8. The molecular weight excluding hydrogens is 643 g/mol. The molecule has 0 radical (unpaired) electrons. The van der Waals surface area contributed by atoms with E-state index in [-0.39, 0.29) is 19.6 Å². The van der Waals surface area contributed by atoms with Crippen LogP contribution < -0.4 is 21.3 Å². The average Bonchev–Trinajstić information content (AvgIpc) is 3.40. The van der Waals surface area contributed by atoms with Crippen molar-refractivity contribution < 1.29 is 38.2 Å². The molecule has 2 aromatic carbocycles. The molecule has 46 heavy (non-hydrogen) atoms. The second kappa shape index (κ2) is 15.1. The molecule has 5 rings (SSSR count). The number of aromatic amines is 1. The topological polar surface area (TPSA) is 194 Å². The van der Waals surface area contributed by atoms with Crippen molar-refractivity contribution in [1.29, 1.82) is 0 Å². The van der Waals surface area contributed by atoms with Crippen molar-refractivity contribution in [3.63, 3.8) is 0 Å². The van der Waals surface area contributed by atoms with Crippen molar-refractivity contribution in [1.82, 2.24) is 14.5 Å². The van der Waals surface area contributed by atoms with Crippen molar-refractivity contribution >= 4 is 46.9 Å². The predicted octanol–water partition coefficient (Wildman–Crippen LogP) is 3.57. The minimum atomic E-state index is -4.54. The SMILES string of the molecule is COc1ccc2nc3cc(Cl)ccc3c(NCCCCC(CO)COP(=O)(O)OC[C@H]3O[C@@H](n4ccc(=O)[nH]c4=O)C[C@@H]3O)c2c1. The van der Waals surface area contributed by atoms with Gasteiger partial charge in [-0.15, -0.1) is 0 Å². The van der Waals surface area contributed by atoms with E-state index in [0.29, 0.717) is 30.2 Å². The van der Waals surface area contributed by atoms with Gasteiger partial charge in [0.1, 0.15) is 18.1 Å².